The molecule has 0 aromatic heterocycles. The maximum Gasteiger partial charge on any atom is 0.0715 e. The largest absolute Gasteiger partial charge is 0.352 e. The minimum atomic E-state index is 0.747. The first kappa shape index (κ1) is 27.9. The molecule has 1 N–H and O–H groups in total. The maximum absolute atomic E-state index is 6.46. The van der Waals surface area contributed by atoms with Crippen LogP contribution in [0.5, 0.6) is 0 Å². The molecule has 0 unspecified atom stereocenters. The second-order valence-corrected chi connectivity index (χ2v) is 12.1. The van der Waals surface area contributed by atoms with Gasteiger partial charge in [-0.2, -0.15) is 0 Å². The van der Waals surface area contributed by atoms with Gasteiger partial charge in [0.15, 0.2) is 0 Å². The van der Waals surface area contributed by atoms with Gasteiger partial charge in [-0.25, -0.2) is 0 Å². The molecule has 6 aromatic rings. The molecular formula is C39H32ClNS. The minimum Gasteiger partial charge on any atom is -0.352 e. The number of fused-ring (bicyclic) bond motifs is 2. The van der Waals surface area contributed by atoms with Crippen LogP contribution < -0.4 is 5.32 Å². The summed E-state index contributed by atoms with van der Waals surface area (Å²) < 4.78 is 0. The molecule has 206 valence electrons. The van der Waals surface area contributed by atoms with Crippen LogP contribution in [0, 0.1) is 20.8 Å². The Bertz CT molecular complexity index is 1880. The van der Waals surface area contributed by atoms with Crippen molar-refractivity contribution in [3.63, 3.8) is 0 Å². The summed E-state index contributed by atoms with van der Waals surface area (Å²) >= 11 is 8.21. The van der Waals surface area contributed by atoms with E-state index in [1.54, 1.807) is 11.8 Å². The summed E-state index contributed by atoms with van der Waals surface area (Å²) in [6.45, 7) is 6.45. The highest BCUT2D eigenvalue weighted by atomic mass is 35.5. The molecule has 42 heavy (non-hydrogen) atoms. The fourth-order valence-corrected chi connectivity index (χ4v) is 6.52. The van der Waals surface area contributed by atoms with Gasteiger partial charge in [0.25, 0.3) is 0 Å². The summed E-state index contributed by atoms with van der Waals surface area (Å²) in [7, 11) is 0. The molecule has 0 radical (unpaired) electrons. The summed E-state index contributed by atoms with van der Waals surface area (Å²) in [5.41, 5.74) is 13.4. The van der Waals surface area contributed by atoms with Gasteiger partial charge in [-0.15, -0.1) is 0 Å². The maximum atomic E-state index is 6.46. The van der Waals surface area contributed by atoms with Crippen LogP contribution in [0.2, 0.25) is 5.02 Å². The summed E-state index contributed by atoms with van der Waals surface area (Å²) in [6, 6.07) is 47.1. The van der Waals surface area contributed by atoms with E-state index < -0.39 is 0 Å². The Labute approximate surface area is 258 Å². The third-order valence-electron chi connectivity index (χ3n) is 7.58. The van der Waals surface area contributed by atoms with Gasteiger partial charge in [-0.05, 0) is 102 Å². The first-order valence-corrected chi connectivity index (χ1v) is 15.3. The fraction of sp³-hybridized carbons (Fsp3) is 0.0769. The summed E-state index contributed by atoms with van der Waals surface area (Å²) in [5, 5.41) is 4.30. The first-order valence-electron chi connectivity index (χ1n) is 14.1. The van der Waals surface area contributed by atoms with Crippen LogP contribution in [0.15, 0.2) is 143 Å². The van der Waals surface area contributed by atoms with E-state index in [0.29, 0.717) is 0 Å². The van der Waals surface area contributed by atoms with Crippen molar-refractivity contribution in [1.29, 1.82) is 0 Å². The third-order valence-corrected chi connectivity index (χ3v) is 9.03. The lowest BCUT2D eigenvalue weighted by Gasteiger charge is -2.22. The average Bonchev–Trinajstić information content (AvgIpc) is 3.02. The van der Waals surface area contributed by atoms with Crippen molar-refractivity contribution in [2.24, 2.45) is 0 Å². The van der Waals surface area contributed by atoms with Crippen LogP contribution in [0.25, 0.3) is 33.4 Å². The SMILES string of the molecule is Cc1ccccc1.Cc1ccccc1-c1cc(-c2cccc(-c3ccc4c(c3)Nc3c(Cl)cccc3S4)c2)ccc1C. The zero-order valence-corrected chi connectivity index (χ0v) is 25.6. The number of nitrogens with one attached hydrogen (secondary N) is 1. The van der Waals surface area contributed by atoms with Crippen LogP contribution in [-0.4, -0.2) is 0 Å². The lowest BCUT2D eigenvalue weighted by Crippen LogP contribution is -2.00. The Morgan fingerprint density at radius 2 is 1.14 bits per heavy atom. The summed E-state index contributed by atoms with van der Waals surface area (Å²) in [5.74, 6) is 0. The number of hydrogen-bond acceptors (Lipinski definition) is 2. The predicted molar refractivity (Wildman–Crippen MR) is 182 cm³/mol. The van der Waals surface area contributed by atoms with Crippen LogP contribution in [0.3, 0.4) is 0 Å². The molecule has 6 aromatic carbocycles. The number of hydrogen-bond donors (Lipinski definition) is 1. The average molecular weight is 582 g/mol. The normalized spacial score (nSPS) is 11.4. The van der Waals surface area contributed by atoms with E-state index in [9.17, 15) is 0 Å². The van der Waals surface area contributed by atoms with Crippen LogP contribution >= 0.6 is 23.4 Å². The van der Waals surface area contributed by atoms with Crippen LogP contribution in [0.4, 0.5) is 11.4 Å². The first-order chi connectivity index (χ1) is 20.5. The van der Waals surface area contributed by atoms with Crippen LogP contribution in [-0.2, 0) is 0 Å². The molecular weight excluding hydrogens is 550 g/mol. The molecule has 1 nitrogen and oxygen atoms in total. The number of benzene rings is 6. The zero-order valence-electron chi connectivity index (χ0n) is 24.0. The lowest BCUT2D eigenvalue weighted by atomic mass is 9.92. The fourth-order valence-electron chi connectivity index (χ4n) is 5.24. The van der Waals surface area contributed by atoms with Crippen molar-refractivity contribution in [2.45, 2.75) is 30.6 Å². The van der Waals surface area contributed by atoms with Crippen LogP contribution in [0.1, 0.15) is 16.7 Å². The number of para-hydroxylation sites is 1. The molecule has 1 aliphatic rings. The van der Waals surface area contributed by atoms with Crippen molar-refractivity contribution in [1.82, 2.24) is 0 Å². The number of halogens is 1. The number of aryl methyl sites for hydroxylation is 3. The Balaban J connectivity index is 0.000000397. The summed E-state index contributed by atoms with van der Waals surface area (Å²) in [6.07, 6.45) is 0. The molecule has 0 fully saturated rings. The number of anilines is 2. The molecule has 0 amide bonds. The van der Waals surface area contributed by atoms with E-state index in [1.807, 2.05) is 30.3 Å². The third kappa shape index (κ3) is 6.01. The van der Waals surface area contributed by atoms with Crippen molar-refractivity contribution in [3.05, 3.63) is 155 Å². The molecule has 0 aliphatic carbocycles. The lowest BCUT2D eigenvalue weighted by molar-refractivity contribution is 1.31. The van der Waals surface area contributed by atoms with Gasteiger partial charge < -0.3 is 5.32 Å². The monoisotopic (exact) mass is 581 g/mol. The van der Waals surface area contributed by atoms with Gasteiger partial charge in [0.05, 0.1) is 16.4 Å². The Hall–Kier alpha value is -4.24. The van der Waals surface area contributed by atoms with E-state index >= 15 is 0 Å². The second kappa shape index (κ2) is 12.3. The van der Waals surface area contributed by atoms with E-state index in [1.165, 1.54) is 55.0 Å². The van der Waals surface area contributed by atoms with E-state index in [0.717, 1.165) is 21.3 Å². The second-order valence-electron chi connectivity index (χ2n) is 10.6. The molecule has 7 rings (SSSR count). The Morgan fingerprint density at radius 3 is 1.88 bits per heavy atom. The zero-order chi connectivity index (χ0) is 29.1. The molecule has 0 atom stereocenters. The molecule has 0 spiro atoms. The molecule has 1 heterocycles. The Morgan fingerprint density at radius 1 is 0.500 bits per heavy atom. The summed E-state index contributed by atoms with van der Waals surface area (Å²) in [4.78, 5) is 2.37. The molecule has 1 aliphatic heterocycles. The van der Waals surface area contributed by atoms with Gasteiger partial charge in [-0.3, -0.25) is 0 Å². The molecule has 0 bridgehead atoms. The molecule has 0 saturated heterocycles. The van der Waals surface area contributed by atoms with Crippen molar-refractivity contribution in [2.75, 3.05) is 5.32 Å². The van der Waals surface area contributed by atoms with E-state index in [4.69, 9.17) is 11.6 Å². The van der Waals surface area contributed by atoms with Gasteiger partial charge in [-0.1, -0.05) is 126 Å². The van der Waals surface area contributed by atoms with Crippen molar-refractivity contribution < 1.29 is 0 Å². The number of rotatable bonds is 3. The van der Waals surface area contributed by atoms with Gasteiger partial charge in [0, 0.05) is 9.79 Å². The molecule has 3 heteroatoms. The highest BCUT2D eigenvalue weighted by molar-refractivity contribution is 7.99. The van der Waals surface area contributed by atoms with E-state index in [2.05, 4.69) is 129 Å². The van der Waals surface area contributed by atoms with Crippen molar-refractivity contribution >= 4 is 34.7 Å². The quantitative estimate of drug-likeness (QED) is 0.223. The van der Waals surface area contributed by atoms with Gasteiger partial charge in [0.2, 0.25) is 0 Å². The van der Waals surface area contributed by atoms with Crippen molar-refractivity contribution in [3.8, 4) is 33.4 Å². The molecule has 0 saturated carbocycles. The highest BCUT2D eigenvalue weighted by Crippen LogP contribution is 2.47. The van der Waals surface area contributed by atoms with Gasteiger partial charge >= 0.3 is 0 Å². The predicted octanol–water partition coefficient (Wildman–Crippen LogP) is 12.2. The topological polar surface area (TPSA) is 12.0 Å². The highest BCUT2D eigenvalue weighted by Gasteiger charge is 2.18. The standard InChI is InChI=1S/C32H24ClNS.C7H8/c1-20-7-3-4-10-26(20)27-18-24(14-13-21(27)2)22-8-5-9-23(17-22)25-15-16-30-29(19-25)34-32-28(33)11-6-12-31(32)35-30;1-7-5-3-2-4-6-7/h3-19,34H,1-2H3;2-6H,1H3. The minimum absolute atomic E-state index is 0.747. The van der Waals surface area contributed by atoms with Gasteiger partial charge in [0.1, 0.15) is 0 Å². The smallest absolute Gasteiger partial charge is 0.0715 e. The van der Waals surface area contributed by atoms with E-state index in [-0.39, 0.29) is 0 Å². The Kier molecular flexibility index (Phi) is 8.19.